The van der Waals surface area contributed by atoms with E-state index in [1.165, 1.54) is 6.92 Å². The van der Waals surface area contributed by atoms with Crippen LogP contribution in [-0.2, 0) is 11.3 Å². The maximum absolute atomic E-state index is 11.2. The van der Waals surface area contributed by atoms with Gasteiger partial charge in [-0.15, -0.1) is 11.6 Å². The van der Waals surface area contributed by atoms with E-state index in [4.69, 9.17) is 11.6 Å². The minimum absolute atomic E-state index is 0.197. The summed E-state index contributed by atoms with van der Waals surface area (Å²) in [6, 6.07) is -0.607. The number of urea groups is 1. The molecule has 0 saturated carbocycles. The number of nitrogens with zero attached hydrogens (tertiary/aromatic N) is 2. The van der Waals surface area contributed by atoms with Crippen molar-refractivity contribution < 1.29 is 9.59 Å². The van der Waals surface area contributed by atoms with Gasteiger partial charge < -0.3 is 5.32 Å². The number of hydrogen-bond acceptors (Lipinski definition) is 4. The monoisotopic (exact) mass is 256 g/mol. The third-order valence-electron chi connectivity index (χ3n) is 1.86. The number of halogens is 1. The first-order valence-corrected chi connectivity index (χ1v) is 5.43. The van der Waals surface area contributed by atoms with Gasteiger partial charge in [-0.1, -0.05) is 0 Å². The number of hydrogen-bond donors (Lipinski definition) is 2. The van der Waals surface area contributed by atoms with Gasteiger partial charge in [0.2, 0.25) is 5.91 Å². The fraction of sp³-hybridized carbons (Fsp3) is 0.400. The van der Waals surface area contributed by atoms with Gasteiger partial charge >= 0.3 is 6.03 Å². The molecule has 0 radical (unpaired) electrons. The molecule has 17 heavy (non-hydrogen) atoms. The lowest BCUT2D eigenvalue weighted by molar-refractivity contribution is -0.119. The van der Waals surface area contributed by atoms with Crippen LogP contribution in [0.5, 0.6) is 0 Å². The second-order valence-corrected chi connectivity index (χ2v) is 4.09. The zero-order valence-corrected chi connectivity index (χ0v) is 10.3. The van der Waals surface area contributed by atoms with Crippen LogP contribution < -0.4 is 10.6 Å². The van der Waals surface area contributed by atoms with Crippen molar-refractivity contribution in [1.29, 1.82) is 0 Å². The van der Waals surface area contributed by atoms with Crippen LogP contribution in [-0.4, -0.2) is 27.3 Å². The van der Waals surface area contributed by atoms with Gasteiger partial charge in [-0.25, -0.2) is 4.79 Å². The minimum atomic E-state index is -0.750. The molecule has 0 spiro atoms. The Balaban J connectivity index is 2.38. The molecular weight excluding hydrogens is 244 g/mol. The van der Waals surface area contributed by atoms with Gasteiger partial charge in [0.25, 0.3) is 0 Å². The summed E-state index contributed by atoms with van der Waals surface area (Å²) in [7, 11) is 0. The van der Waals surface area contributed by atoms with Crippen molar-refractivity contribution >= 4 is 23.5 Å². The first-order valence-electron chi connectivity index (χ1n) is 4.99. The Morgan fingerprint density at radius 3 is 2.65 bits per heavy atom. The number of aromatic nitrogens is 2. The van der Waals surface area contributed by atoms with E-state index in [1.54, 1.807) is 12.4 Å². The van der Waals surface area contributed by atoms with Gasteiger partial charge in [0.05, 0.1) is 24.1 Å². The van der Waals surface area contributed by atoms with E-state index >= 15 is 0 Å². The highest BCUT2D eigenvalue weighted by atomic mass is 35.5. The van der Waals surface area contributed by atoms with E-state index in [0.717, 1.165) is 5.69 Å². The van der Waals surface area contributed by atoms with Crippen LogP contribution in [0.25, 0.3) is 0 Å². The number of amides is 3. The molecule has 1 unspecified atom stereocenters. The molecule has 0 aliphatic heterocycles. The van der Waals surface area contributed by atoms with E-state index in [9.17, 15) is 9.59 Å². The molecule has 1 aromatic heterocycles. The molecule has 1 aromatic rings. The van der Waals surface area contributed by atoms with E-state index < -0.39 is 17.3 Å². The van der Waals surface area contributed by atoms with E-state index in [-0.39, 0.29) is 6.54 Å². The third-order valence-corrected chi connectivity index (χ3v) is 2.06. The maximum Gasteiger partial charge on any atom is 0.321 e. The van der Waals surface area contributed by atoms with Crippen molar-refractivity contribution in [3.63, 3.8) is 0 Å². The molecule has 1 heterocycles. The molecule has 92 valence electrons. The average molecular weight is 257 g/mol. The molecule has 0 aromatic carbocycles. The Labute approximate surface area is 104 Å². The second kappa shape index (κ2) is 6.15. The maximum atomic E-state index is 11.2. The number of carbonyl (C=O) groups excluding carboxylic acids is 2. The molecule has 0 fully saturated rings. The topological polar surface area (TPSA) is 84.0 Å². The molecule has 2 N–H and O–H groups in total. The molecule has 7 heteroatoms. The first kappa shape index (κ1) is 13.4. The van der Waals surface area contributed by atoms with Crippen LogP contribution in [0.4, 0.5) is 4.79 Å². The molecular formula is C10H13ClN4O2. The Morgan fingerprint density at radius 1 is 1.41 bits per heavy atom. The Hall–Kier alpha value is -1.69. The highest BCUT2D eigenvalue weighted by Gasteiger charge is 2.12. The molecule has 3 amide bonds. The minimum Gasteiger partial charge on any atom is -0.332 e. The molecule has 1 rings (SSSR count). The lowest BCUT2D eigenvalue weighted by atomic mass is 10.4. The van der Waals surface area contributed by atoms with Crippen molar-refractivity contribution in [2.45, 2.75) is 25.8 Å². The number of rotatable bonds is 3. The molecule has 0 saturated heterocycles. The van der Waals surface area contributed by atoms with Gasteiger partial charge in [0, 0.05) is 6.20 Å². The van der Waals surface area contributed by atoms with Gasteiger partial charge in [-0.2, -0.15) is 0 Å². The van der Waals surface area contributed by atoms with Crippen LogP contribution in [0.2, 0.25) is 0 Å². The van der Waals surface area contributed by atoms with Gasteiger partial charge in [0.15, 0.2) is 0 Å². The van der Waals surface area contributed by atoms with Crippen LogP contribution in [0.3, 0.4) is 0 Å². The smallest absolute Gasteiger partial charge is 0.321 e. The fourth-order valence-electron chi connectivity index (χ4n) is 0.937. The quantitative estimate of drug-likeness (QED) is 0.782. The molecule has 0 aliphatic carbocycles. The number of imide groups is 1. The summed E-state index contributed by atoms with van der Waals surface area (Å²) in [6.45, 7) is 3.50. The summed E-state index contributed by atoms with van der Waals surface area (Å²) < 4.78 is 0. The second-order valence-electron chi connectivity index (χ2n) is 3.44. The third kappa shape index (κ3) is 4.78. The summed E-state index contributed by atoms with van der Waals surface area (Å²) in [5, 5.41) is 3.81. The summed E-state index contributed by atoms with van der Waals surface area (Å²) in [6.07, 6.45) is 3.16. The van der Waals surface area contributed by atoms with Crippen LogP contribution in [0.1, 0.15) is 18.3 Å². The Kier molecular flexibility index (Phi) is 4.84. The molecule has 1 atom stereocenters. The van der Waals surface area contributed by atoms with Crippen molar-refractivity contribution in [1.82, 2.24) is 20.6 Å². The SMILES string of the molecule is Cc1cnc(CNC(=O)NC(=O)C(C)Cl)cn1. The van der Waals surface area contributed by atoms with Crippen LogP contribution >= 0.6 is 11.6 Å². The molecule has 0 bridgehead atoms. The lowest BCUT2D eigenvalue weighted by Crippen LogP contribution is -2.42. The van der Waals surface area contributed by atoms with Gasteiger partial charge in [0.1, 0.15) is 5.38 Å². The largest absolute Gasteiger partial charge is 0.332 e. The predicted molar refractivity (Wildman–Crippen MR) is 62.5 cm³/mol. The Bertz CT molecular complexity index is 405. The van der Waals surface area contributed by atoms with Crippen LogP contribution in [0.15, 0.2) is 12.4 Å². The summed E-state index contributed by atoms with van der Waals surface area (Å²) in [4.78, 5) is 30.4. The lowest BCUT2D eigenvalue weighted by Gasteiger charge is -2.07. The van der Waals surface area contributed by atoms with Crippen molar-refractivity contribution in [2.24, 2.45) is 0 Å². The van der Waals surface area contributed by atoms with Crippen molar-refractivity contribution in [2.75, 3.05) is 0 Å². The van der Waals surface area contributed by atoms with E-state index in [0.29, 0.717) is 5.69 Å². The zero-order chi connectivity index (χ0) is 12.8. The highest BCUT2D eigenvalue weighted by Crippen LogP contribution is 1.94. The van der Waals surface area contributed by atoms with E-state index in [2.05, 4.69) is 20.6 Å². The summed E-state index contributed by atoms with van der Waals surface area (Å²) >= 11 is 5.49. The number of alkyl halides is 1. The normalized spacial score (nSPS) is 11.7. The number of aryl methyl sites for hydroxylation is 1. The highest BCUT2D eigenvalue weighted by molar-refractivity contribution is 6.31. The molecule has 6 nitrogen and oxygen atoms in total. The molecule has 0 aliphatic rings. The van der Waals surface area contributed by atoms with Crippen molar-refractivity contribution in [3.8, 4) is 0 Å². The standard InChI is InChI=1S/C10H13ClN4O2/c1-6-3-13-8(4-12-6)5-14-10(17)15-9(16)7(2)11/h3-4,7H,5H2,1-2H3,(H2,14,15,16,17). The van der Waals surface area contributed by atoms with Crippen molar-refractivity contribution in [3.05, 3.63) is 23.8 Å². The Morgan fingerprint density at radius 2 is 2.12 bits per heavy atom. The predicted octanol–water partition coefficient (Wildman–Crippen LogP) is 0.738. The van der Waals surface area contributed by atoms with Crippen LogP contribution in [0, 0.1) is 6.92 Å². The van der Waals surface area contributed by atoms with E-state index in [1.807, 2.05) is 6.92 Å². The zero-order valence-electron chi connectivity index (χ0n) is 9.53. The van der Waals surface area contributed by atoms with Gasteiger partial charge in [-0.05, 0) is 13.8 Å². The number of nitrogens with one attached hydrogen (secondary N) is 2. The first-order chi connectivity index (χ1) is 7.99. The summed E-state index contributed by atoms with van der Waals surface area (Å²) in [5.74, 6) is -0.542. The van der Waals surface area contributed by atoms with Gasteiger partial charge in [-0.3, -0.25) is 20.1 Å². The average Bonchev–Trinajstić information content (AvgIpc) is 2.28. The summed E-state index contributed by atoms with van der Waals surface area (Å²) in [5.41, 5.74) is 1.40. The fourth-order valence-corrected chi connectivity index (χ4v) is 0.992. The number of carbonyl (C=O) groups is 2.